The van der Waals surface area contributed by atoms with E-state index in [9.17, 15) is 37.2 Å². The van der Waals surface area contributed by atoms with Crippen molar-refractivity contribution in [1.82, 2.24) is 88.6 Å². The number of ether oxygens (including phenoxy) is 1. The lowest BCUT2D eigenvalue weighted by molar-refractivity contribution is -0.133. The van der Waals surface area contributed by atoms with E-state index in [0.29, 0.717) is 147 Å². The van der Waals surface area contributed by atoms with Crippen LogP contribution in [0.5, 0.6) is 5.88 Å². The number of likely N-dealkylation sites (tertiary alicyclic amines) is 3. The highest BCUT2D eigenvalue weighted by Crippen LogP contribution is 2.48. The quantitative estimate of drug-likeness (QED) is 0.0645. The maximum absolute atomic E-state index is 14.0. The predicted molar refractivity (Wildman–Crippen MR) is 562 cm³/mol. The average molecular weight is 1990 g/mol. The zero-order valence-electron chi connectivity index (χ0n) is 84.0. The first-order valence-electron chi connectivity index (χ1n) is 50.9. The van der Waals surface area contributed by atoms with E-state index < -0.39 is 26.1 Å². The van der Waals surface area contributed by atoms with E-state index in [-0.39, 0.29) is 46.4 Å². The van der Waals surface area contributed by atoms with Crippen LogP contribution in [0.2, 0.25) is 0 Å². The SMILES string of the molecule is CC(C)Oc1ccc(C2=NCc3ccc(N4CC[C@]5(CCN(CC(=O)N6CCN(c7ccc(-c8ncn(C)n8)cc7)CC6)C5)C4=O)nc32)cn1.Cc1ccc(C2=NCc3ccc(N4CC[C@]5(CCN(CC(=O)N6CC=C(c7ccc(-c8ncn(C)n8)cc7)CC6)C5)C4=O)cc32)cn1.Cn1cnc(-c2ccc(C3=CCN(C(=O)CN4CC[C@]5(CCN(c6ccc7c(c6)C(c6ccc(S(C)(=O)=O)cc6)=NC7)C5=O)C4)CC3)cc2)n1. The van der Waals surface area contributed by atoms with Crippen LogP contribution in [0, 0.1) is 23.2 Å². The Morgan fingerprint density at radius 1 is 0.401 bits per heavy atom. The number of sulfone groups is 1. The van der Waals surface area contributed by atoms with Crippen LogP contribution in [0.15, 0.2) is 233 Å². The van der Waals surface area contributed by atoms with E-state index >= 15 is 0 Å². The lowest BCUT2D eigenvalue weighted by Gasteiger charge is -2.37. The van der Waals surface area contributed by atoms with Crippen LogP contribution >= 0.6 is 0 Å². The molecule has 3 atom stereocenters. The fraction of sp³-hybridized carbons (Fsp3) is 0.375. The van der Waals surface area contributed by atoms with E-state index in [1.54, 1.807) is 63.5 Å². The van der Waals surface area contributed by atoms with Crippen molar-refractivity contribution in [1.29, 1.82) is 0 Å². The zero-order chi connectivity index (χ0) is 101. The molecule has 7 saturated heterocycles. The third-order valence-corrected chi connectivity index (χ3v) is 32.2. The predicted octanol–water partition coefficient (Wildman–Crippen LogP) is 11.5. The van der Waals surface area contributed by atoms with E-state index in [1.807, 2.05) is 150 Å². The first-order chi connectivity index (χ1) is 71.1. The molecule has 12 aliphatic heterocycles. The van der Waals surface area contributed by atoms with Crippen LogP contribution in [-0.4, -0.2) is 293 Å². The van der Waals surface area contributed by atoms with Crippen molar-refractivity contribution in [2.75, 3.05) is 157 Å². The first kappa shape index (κ1) is 96.7. The molecule has 3 spiro atoms. The molecule has 0 aliphatic carbocycles. The highest BCUT2D eigenvalue weighted by atomic mass is 32.2. The monoisotopic (exact) mass is 1990 g/mol. The molecule has 35 heteroatoms. The van der Waals surface area contributed by atoms with Gasteiger partial charge < -0.3 is 34.1 Å². The molecule has 12 aliphatic rings. The van der Waals surface area contributed by atoms with Gasteiger partial charge in [0.2, 0.25) is 41.3 Å². The molecule has 0 N–H and O–H groups in total. The second-order valence-corrected chi connectivity index (χ2v) is 43.2. The van der Waals surface area contributed by atoms with Crippen LogP contribution in [0.25, 0.3) is 45.3 Å². The number of aryl methyl sites for hydroxylation is 4. The number of piperazine rings is 1. The number of amides is 6. The van der Waals surface area contributed by atoms with E-state index in [4.69, 9.17) is 24.7 Å². The van der Waals surface area contributed by atoms with Gasteiger partial charge in [0.25, 0.3) is 0 Å². The number of carbonyl (C=O) groups excluding carboxylic acids is 6. The molecule has 0 saturated carbocycles. The molecule has 6 aromatic heterocycles. The molecule has 0 bridgehead atoms. The van der Waals surface area contributed by atoms with Crippen LogP contribution in [0.3, 0.4) is 0 Å². The van der Waals surface area contributed by atoms with E-state index in [0.717, 1.165) is 191 Å². The fourth-order valence-electron chi connectivity index (χ4n) is 22.8. The summed E-state index contributed by atoms with van der Waals surface area (Å²) in [4.78, 5) is 144. The number of fused-ring (bicyclic) bond motifs is 3. The molecule has 18 heterocycles. The number of benzene rings is 6. The minimum absolute atomic E-state index is 0.0459. The molecular weight excluding hydrogens is 1870 g/mol. The molecule has 12 aromatic rings. The smallest absolute Gasteiger partial charge is 0.237 e. The van der Waals surface area contributed by atoms with Gasteiger partial charge in [0.15, 0.2) is 27.3 Å². The lowest BCUT2D eigenvalue weighted by Crippen LogP contribution is -2.51. The Morgan fingerprint density at radius 3 is 1.24 bits per heavy atom. The number of carbonyl (C=O) groups is 6. The topological polar surface area (TPSA) is 346 Å². The molecule has 6 amide bonds. The third-order valence-electron chi connectivity index (χ3n) is 31.1. The minimum Gasteiger partial charge on any atom is -0.475 e. The normalized spacial score (nSPS) is 20.8. The van der Waals surface area contributed by atoms with Crippen LogP contribution in [0.1, 0.15) is 132 Å². The number of hydrogen-bond donors (Lipinski definition) is 0. The highest BCUT2D eigenvalue weighted by Gasteiger charge is 2.55. The average Bonchev–Trinajstić information content (AvgIpc) is 1.61. The third kappa shape index (κ3) is 19.9. The number of pyridine rings is 3. The molecule has 147 heavy (non-hydrogen) atoms. The largest absolute Gasteiger partial charge is 0.475 e. The van der Waals surface area contributed by atoms with E-state index in [1.165, 1.54) is 28.5 Å². The second-order valence-electron chi connectivity index (χ2n) is 41.2. The van der Waals surface area contributed by atoms with Crippen molar-refractivity contribution in [2.24, 2.45) is 52.4 Å². The summed E-state index contributed by atoms with van der Waals surface area (Å²) in [5, 5.41) is 13.1. The maximum Gasteiger partial charge on any atom is 0.237 e. The van der Waals surface area contributed by atoms with Gasteiger partial charge in [0.1, 0.15) is 24.8 Å². The fourth-order valence-corrected chi connectivity index (χ4v) is 23.4. The zero-order valence-corrected chi connectivity index (χ0v) is 84.8. The Kier molecular flexibility index (Phi) is 26.3. The van der Waals surface area contributed by atoms with Crippen molar-refractivity contribution in [3.05, 3.63) is 280 Å². The summed E-state index contributed by atoms with van der Waals surface area (Å²) in [6.45, 7) is 20.1. The van der Waals surface area contributed by atoms with Gasteiger partial charge in [-0.05, 0) is 210 Å². The molecule has 34 nitrogen and oxygen atoms in total. The number of nitrogens with zero attached hydrogens (tertiary/aromatic N) is 25. The summed E-state index contributed by atoms with van der Waals surface area (Å²) in [6.07, 6.45) is 20.5. The molecular formula is C112H119N25O9S. The second kappa shape index (κ2) is 40.0. The number of hydrogen-bond acceptors (Lipinski definition) is 25. The molecule has 7 fully saturated rings. The Bertz CT molecular complexity index is 7410. The maximum atomic E-state index is 14.0. The Morgan fingerprint density at radius 2 is 0.803 bits per heavy atom. The summed E-state index contributed by atoms with van der Waals surface area (Å²) in [5.74, 6) is 4.13. The van der Waals surface area contributed by atoms with Crippen molar-refractivity contribution in [3.8, 4) is 40.0 Å². The Labute approximate surface area is 854 Å². The molecule has 752 valence electrons. The van der Waals surface area contributed by atoms with Crippen LogP contribution in [-0.2, 0) is 79.4 Å². The number of aromatic nitrogens is 12. The van der Waals surface area contributed by atoms with Crippen molar-refractivity contribution < 1.29 is 41.9 Å². The van der Waals surface area contributed by atoms with Crippen LogP contribution < -0.4 is 24.3 Å². The number of rotatable bonds is 21. The molecule has 0 radical (unpaired) electrons. The van der Waals surface area contributed by atoms with Gasteiger partial charge in [-0.1, -0.05) is 91.0 Å². The number of aliphatic imine (C=N–C) groups is 3. The molecule has 0 unspecified atom stereocenters. The van der Waals surface area contributed by atoms with Crippen molar-refractivity contribution in [3.63, 3.8) is 0 Å². The minimum atomic E-state index is -3.29. The van der Waals surface area contributed by atoms with Gasteiger partial charge in [-0.3, -0.25) is 82.4 Å². The van der Waals surface area contributed by atoms with E-state index in [2.05, 4.69) is 145 Å². The van der Waals surface area contributed by atoms with Gasteiger partial charge in [-0.2, -0.15) is 15.3 Å². The highest BCUT2D eigenvalue weighted by molar-refractivity contribution is 7.90. The van der Waals surface area contributed by atoms with Crippen molar-refractivity contribution >= 4 is 96.4 Å². The lowest BCUT2D eigenvalue weighted by atomic mass is 9.85. The summed E-state index contributed by atoms with van der Waals surface area (Å²) >= 11 is 0. The van der Waals surface area contributed by atoms with Gasteiger partial charge in [-0.25, -0.2) is 33.3 Å². The van der Waals surface area contributed by atoms with Gasteiger partial charge in [0.05, 0.1) is 89.3 Å². The number of anilines is 4. The van der Waals surface area contributed by atoms with Gasteiger partial charge >= 0.3 is 0 Å². The summed E-state index contributed by atoms with van der Waals surface area (Å²) in [7, 11) is 2.29. The van der Waals surface area contributed by atoms with Gasteiger partial charge in [-0.15, -0.1) is 0 Å². The summed E-state index contributed by atoms with van der Waals surface area (Å²) in [6, 6.07) is 55.9. The Balaban J connectivity index is 0.000000125. The van der Waals surface area contributed by atoms with Crippen LogP contribution in [0.4, 0.5) is 22.9 Å². The molecule has 6 aromatic carbocycles. The molecule has 24 rings (SSSR count). The van der Waals surface area contributed by atoms with Gasteiger partial charge in [0, 0.05) is 210 Å². The standard InChI is InChI=1S/C38H39N7O4S.C37H42N10O3.C37H38N8O2/c1-42-25-40-36(41-42)29-5-3-26(4-6-29)27-13-17-44(18-14-27)34(46)23-43-19-15-38(24-43)16-20-45(37(38)47)31-10-7-30-22-39-35(33(30)21-31)28-8-11-32(12-9-28)50(2,48)49;1-25(2)50-31-11-7-27(20-38-31)33-34-28(21-39-33)6-10-30(41-34)47-15-13-37(36(47)49)12-14-44(23-37)22-32(48)46-18-16-45(17-19-46)29-8-4-26(5-9-29)35-40-24-43(3)42-35;1-25-3-4-30(21-38-25)34-32-19-31(10-9-29(32)20-39-34)45-18-14-37(36(45)47)13-17-43(23-37)22-33(46)44-15-11-27(12-16-44)26-5-7-28(8-6-26)35-40-24-42(2)41-35/h3-13,21,25H,14-20,22-24H2,1-2H3;4-11,20,24-25H,12-19,21-23H2,1-3H3;3-11,19,21,24H,12-18,20,22-23H2,1-2H3/t38-;2*37-/m000/s1. The first-order valence-corrected chi connectivity index (χ1v) is 52.8. The van der Waals surface area contributed by atoms with Crippen molar-refractivity contribution in [2.45, 2.75) is 103 Å². The summed E-state index contributed by atoms with van der Waals surface area (Å²) in [5.41, 5.74) is 21.6. The Hall–Kier alpha value is -15.1. The summed E-state index contributed by atoms with van der Waals surface area (Å²) < 4.78 is 34.7.